The highest BCUT2D eigenvalue weighted by molar-refractivity contribution is 5.21. The number of hydrogen-bond acceptors (Lipinski definition) is 2. The molecule has 2 nitrogen and oxygen atoms in total. The summed E-state index contributed by atoms with van der Waals surface area (Å²) in [5.41, 5.74) is 0.791. The molecule has 0 saturated carbocycles. The Labute approximate surface area is 123 Å². The number of nitrogens with zero attached hydrogens (tertiary/aromatic N) is 1. The minimum Gasteiger partial charge on any atom is -0.310 e. The molecular formula is C17H29FN2. The highest BCUT2D eigenvalue weighted by Crippen LogP contribution is 2.20. The largest absolute Gasteiger partial charge is 0.310 e. The van der Waals surface area contributed by atoms with E-state index in [4.69, 9.17) is 0 Å². The second-order valence-corrected chi connectivity index (χ2v) is 5.97. The van der Waals surface area contributed by atoms with Crippen LogP contribution in [-0.2, 0) is 0 Å². The summed E-state index contributed by atoms with van der Waals surface area (Å²) in [6, 6.07) is 7.21. The van der Waals surface area contributed by atoms with E-state index in [1.54, 1.807) is 12.1 Å². The van der Waals surface area contributed by atoms with Crippen molar-refractivity contribution in [2.45, 2.75) is 39.7 Å². The second-order valence-electron chi connectivity index (χ2n) is 5.97. The smallest absolute Gasteiger partial charge is 0.127 e. The predicted molar refractivity (Wildman–Crippen MR) is 84.4 cm³/mol. The van der Waals surface area contributed by atoms with E-state index in [9.17, 15) is 4.39 Å². The van der Waals surface area contributed by atoms with Crippen LogP contribution in [0.25, 0.3) is 0 Å². The van der Waals surface area contributed by atoms with Gasteiger partial charge in [-0.3, -0.25) is 0 Å². The van der Waals surface area contributed by atoms with Gasteiger partial charge in [-0.25, -0.2) is 4.39 Å². The molecule has 0 aliphatic rings. The summed E-state index contributed by atoms with van der Waals surface area (Å²) in [6.45, 7) is 9.56. The van der Waals surface area contributed by atoms with Crippen molar-refractivity contribution in [2.24, 2.45) is 5.92 Å². The lowest BCUT2D eigenvalue weighted by Crippen LogP contribution is -2.30. The van der Waals surface area contributed by atoms with Crippen LogP contribution in [0.3, 0.4) is 0 Å². The SMILES string of the molecule is CCCNC(CCN(C)CC(C)C)c1ccccc1F. The number of halogens is 1. The zero-order valence-electron chi connectivity index (χ0n) is 13.3. The van der Waals surface area contributed by atoms with Gasteiger partial charge in [0, 0.05) is 18.2 Å². The summed E-state index contributed by atoms with van der Waals surface area (Å²) in [5.74, 6) is 0.558. The molecule has 0 bridgehead atoms. The van der Waals surface area contributed by atoms with E-state index in [1.807, 2.05) is 12.1 Å². The average molecular weight is 280 g/mol. The van der Waals surface area contributed by atoms with Gasteiger partial charge >= 0.3 is 0 Å². The van der Waals surface area contributed by atoms with Crippen LogP contribution in [0.2, 0.25) is 0 Å². The summed E-state index contributed by atoms with van der Waals surface area (Å²) < 4.78 is 13.9. The zero-order valence-corrected chi connectivity index (χ0v) is 13.3. The Kier molecular flexibility index (Phi) is 7.78. The number of rotatable bonds is 9. The first-order valence-electron chi connectivity index (χ1n) is 7.71. The van der Waals surface area contributed by atoms with Gasteiger partial charge in [-0.05, 0) is 45.0 Å². The minimum atomic E-state index is -0.104. The van der Waals surface area contributed by atoms with Gasteiger partial charge in [0.2, 0.25) is 0 Å². The van der Waals surface area contributed by atoms with Crippen LogP contribution in [0, 0.1) is 11.7 Å². The Morgan fingerprint density at radius 2 is 1.95 bits per heavy atom. The Bertz CT molecular complexity index is 379. The molecule has 0 heterocycles. The van der Waals surface area contributed by atoms with Gasteiger partial charge in [0.1, 0.15) is 5.82 Å². The Hall–Kier alpha value is -0.930. The van der Waals surface area contributed by atoms with Crippen LogP contribution in [0.15, 0.2) is 24.3 Å². The van der Waals surface area contributed by atoms with Gasteiger partial charge in [-0.1, -0.05) is 39.0 Å². The first-order valence-corrected chi connectivity index (χ1v) is 7.71. The Morgan fingerprint density at radius 1 is 1.25 bits per heavy atom. The molecule has 0 aliphatic carbocycles. The molecule has 1 unspecified atom stereocenters. The first kappa shape index (κ1) is 17.1. The zero-order chi connectivity index (χ0) is 15.0. The molecule has 0 amide bonds. The third-order valence-corrected chi connectivity index (χ3v) is 3.40. The first-order chi connectivity index (χ1) is 9.54. The van der Waals surface area contributed by atoms with Crippen molar-refractivity contribution >= 4 is 0 Å². The van der Waals surface area contributed by atoms with Crippen LogP contribution in [0.5, 0.6) is 0 Å². The summed E-state index contributed by atoms with van der Waals surface area (Å²) in [5, 5.41) is 3.47. The maximum atomic E-state index is 13.9. The van der Waals surface area contributed by atoms with E-state index in [1.165, 1.54) is 0 Å². The molecule has 1 rings (SSSR count). The fourth-order valence-corrected chi connectivity index (χ4v) is 2.51. The molecule has 0 aromatic heterocycles. The van der Waals surface area contributed by atoms with Crippen LogP contribution < -0.4 is 5.32 Å². The van der Waals surface area contributed by atoms with Crippen LogP contribution >= 0.6 is 0 Å². The summed E-state index contributed by atoms with van der Waals surface area (Å²) in [7, 11) is 2.14. The summed E-state index contributed by atoms with van der Waals surface area (Å²) in [6.07, 6.45) is 2.00. The molecular weight excluding hydrogens is 251 g/mol. The molecule has 0 spiro atoms. The Morgan fingerprint density at radius 3 is 2.55 bits per heavy atom. The van der Waals surface area contributed by atoms with Gasteiger partial charge in [-0.15, -0.1) is 0 Å². The lowest BCUT2D eigenvalue weighted by Gasteiger charge is -2.24. The van der Waals surface area contributed by atoms with Gasteiger partial charge in [0.15, 0.2) is 0 Å². The van der Waals surface area contributed by atoms with Gasteiger partial charge < -0.3 is 10.2 Å². The van der Waals surface area contributed by atoms with Gasteiger partial charge in [0.25, 0.3) is 0 Å². The molecule has 0 fully saturated rings. The molecule has 20 heavy (non-hydrogen) atoms. The topological polar surface area (TPSA) is 15.3 Å². The van der Waals surface area contributed by atoms with Gasteiger partial charge in [-0.2, -0.15) is 0 Å². The highest BCUT2D eigenvalue weighted by atomic mass is 19.1. The van der Waals surface area contributed by atoms with E-state index < -0.39 is 0 Å². The van der Waals surface area contributed by atoms with Crippen LogP contribution in [-0.4, -0.2) is 31.6 Å². The van der Waals surface area contributed by atoms with Crippen molar-refractivity contribution in [3.8, 4) is 0 Å². The third kappa shape index (κ3) is 6.02. The van der Waals surface area contributed by atoms with E-state index in [2.05, 4.69) is 38.0 Å². The lowest BCUT2D eigenvalue weighted by atomic mass is 10.0. The normalized spacial score (nSPS) is 13.2. The quantitative estimate of drug-likeness (QED) is 0.739. The molecule has 1 atom stereocenters. The van der Waals surface area contributed by atoms with Gasteiger partial charge in [0.05, 0.1) is 0 Å². The third-order valence-electron chi connectivity index (χ3n) is 3.40. The van der Waals surface area contributed by atoms with Crippen molar-refractivity contribution < 1.29 is 4.39 Å². The molecule has 0 saturated heterocycles. The van der Waals surface area contributed by atoms with Crippen molar-refractivity contribution in [2.75, 3.05) is 26.7 Å². The molecule has 1 aromatic carbocycles. The fourth-order valence-electron chi connectivity index (χ4n) is 2.51. The number of nitrogens with one attached hydrogen (secondary N) is 1. The van der Waals surface area contributed by atoms with Crippen LogP contribution in [0.1, 0.15) is 45.2 Å². The standard InChI is InChI=1S/C17H29FN2/c1-5-11-19-17(10-12-20(4)13-14(2)3)15-8-6-7-9-16(15)18/h6-9,14,17,19H,5,10-13H2,1-4H3. The Balaban J connectivity index is 2.63. The molecule has 114 valence electrons. The highest BCUT2D eigenvalue weighted by Gasteiger charge is 2.15. The molecule has 1 aromatic rings. The molecule has 0 radical (unpaired) electrons. The maximum absolute atomic E-state index is 13.9. The molecule has 3 heteroatoms. The van der Waals surface area contributed by atoms with Crippen molar-refractivity contribution in [1.82, 2.24) is 10.2 Å². The summed E-state index contributed by atoms with van der Waals surface area (Å²) >= 11 is 0. The number of benzene rings is 1. The average Bonchev–Trinajstić information content (AvgIpc) is 2.39. The molecule has 1 N–H and O–H groups in total. The number of hydrogen-bond donors (Lipinski definition) is 1. The van der Waals surface area contributed by atoms with E-state index >= 15 is 0 Å². The minimum absolute atomic E-state index is 0.103. The van der Waals surface area contributed by atoms with Crippen molar-refractivity contribution in [1.29, 1.82) is 0 Å². The maximum Gasteiger partial charge on any atom is 0.127 e. The van der Waals surface area contributed by atoms with E-state index in [-0.39, 0.29) is 11.9 Å². The monoisotopic (exact) mass is 280 g/mol. The fraction of sp³-hybridized carbons (Fsp3) is 0.647. The van der Waals surface area contributed by atoms with E-state index in [0.717, 1.165) is 38.0 Å². The van der Waals surface area contributed by atoms with Crippen LogP contribution in [0.4, 0.5) is 4.39 Å². The summed E-state index contributed by atoms with van der Waals surface area (Å²) in [4.78, 5) is 2.33. The lowest BCUT2D eigenvalue weighted by molar-refractivity contribution is 0.275. The predicted octanol–water partition coefficient (Wildman–Crippen LogP) is 3.84. The van der Waals surface area contributed by atoms with Crippen molar-refractivity contribution in [3.63, 3.8) is 0 Å². The molecule has 0 aliphatic heterocycles. The van der Waals surface area contributed by atoms with Crippen molar-refractivity contribution in [3.05, 3.63) is 35.6 Å². The second kappa shape index (κ2) is 9.09. The van der Waals surface area contributed by atoms with E-state index in [0.29, 0.717) is 5.92 Å².